The minimum atomic E-state index is -2.90. The fourth-order valence-corrected chi connectivity index (χ4v) is 0. The maximum atomic E-state index is 9.88. The molecule has 4 radical (unpaired) electrons. The summed E-state index contributed by atoms with van der Waals surface area (Å²) in [6.45, 7) is 3.04. The quantitative estimate of drug-likeness (QED) is 0.628. The predicted octanol–water partition coefficient (Wildman–Crippen LogP) is -0.206. The van der Waals surface area contributed by atoms with E-state index in [1.807, 2.05) is 0 Å². The molecule has 0 fully saturated rings. The van der Waals surface area contributed by atoms with Crippen molar-refractivity contribution in [3.63, 3.8) is 0 Å². The zero-order valence-corrected chi connectivity index (χ0v) is 8.71. The van der Waals surface area contributed by atoms with Crippen molar-refractivity contribution in [3.05, 3.63) is 12.0 Å². The summed E-state index contributed by atoms with van der Waals surface area (Å²) in [7, 11) is -2.90. The zero-order chi connectivity index (χ0) is 5.21. The van der Waals surface area contributed by atoms with E-state index in [0.717, 1.165) is 11.7 Å². The first-order chi connectivity index (χ1) is 2.56. The summed E-state index contributed by atoms with van der Waals surface area (Å²) in [5.41, 5.74) is 0. The molecule has 4 heteroatoms. The summed E-state index contributed by atoms with van der Waals surface area (Å²) in [5, 5.41) is 0.910. The van der Waals surface area contributed by atoms with E-state index in [1.54, 1.807) is 0 Å². The second-order valence-electron chi connectivity index (χ2n) is 0.996. The Morgan fingerprint density at radius 2 is 1.71 bits per heavy atom. The van der Waals surface area contributed by atoms with Crippen molar-refractivity contribution in [3.8, 4) is 0 Å². The molecule has 0 saturated heterocycles. The van der Waals surface area contributed by atoms with E-state index in [2.05, 4.69) is 6.58 Å². The third-order valence-corrected chi connectivity index (χ3v) is 0.908. The van der Waals surface area contributed by atoms with Crippen LogP contribution in [0.25, 0.3) is 0 Å². The molecule has 0 aromatic heterocycles. The molecule has 0 aliphatic carbocycles. The van der Waals surface area contributed by atoms with Gasteiger partial charge in [0.1, 0.15) is 0 Å². The molecule has 0 heterocycles. The maximum absolute atomic E-state index is 9.88. The van der Waals surface area contributed by atoms with Gasteiger partial charge in [0.05, 0.1) is 0 Å². The summed E-state index contributed by atoms with van der Waals surface area (Å²) in [6.07, 6.45) is 1.10. The average Bonchev–Trinajstić information content (AvgIpc) is 1.35. The van der Waals surface area contributed by atoms with E-state index in [-0.39, 0.29) is 27.3 Å². The van der Waals surface area contributed by atoms with Crippen molar-refractivity contribution in [2.24, 2.45) is 0 Å². The van der Waals surface area contributed by atoms with Gasteiger partial charge in [-0.15, -0.1) is 0 Å². The normalized spacial score (nSPS) is 9.29. The molecule has 0 aliphatic rings. The van der Waals surface area contributed by atoms with E-state index in [9.17, 15) is 8.42 Å². The first-order valence-corrected chi connectivity index (χ1v) is 3.34. The van der Waals surface area contributed by atoms with Gasteiger partial charge in [0.2, 0.25) is 0 Å². The van der Waals surface area contributed by atoms with Gasteiger partial charge in [-0.2, -0.15) is 0 Å². The largest absolute Gasteiger partial charge is 0.225 e. The Labute approximate surface area is 63.7 Å². The monoisotopic (exact) mass is 314 g/mol. The summed E-state index contributed by atoms with van der Waals surface area (Å²) < 4.78 is 19.8. The minimum Gasteiger partial charge on any atom is -0.225 e. The molecule has 7 heavy (non-hydrogen) atoms. The van der Waals surface area contributed by atoms with Crippen LogP contribution in [0, 0.1) is 0 Å². The van der Waals surface area contributed by atoms with Crippen LogP contribution < -0.4 is 0 Å². The second-order valence-corrected chi connectivity index (χ2v) is 2.99. The van der Waals surface area contributed by atoms with E-state index < -0.39 is 9.84 Å². The zero-order valence-electron chi connectivity index (χ0n) is 4.01. The van der Waals surface area contributed by atoms with Gasteiger partial charge in [-0.3, -0.25) is 0 Å². The Bertz CT molecular complexity index is 123. The Kier molecular flexibility index (Phi) is 5.43. The Hall–Kier alpha value is 0.612. The molecule has 0 N–H and O–H groups in total. The van der Waals surface area contributed by atoms with Gasteiger partial charge in [-0.1, -0.05) is 6.58 Å². The van der Waals surface area contributed by atoms with E-state index in [4.69, 9.17) is 0 Å². The first-order valence-electron chi connectivity index (χ1n) is 1.39. The Balaban J connectivity index is 0. The van der Waals surface area contributed by atoms with Crippen LogP contribution in [0.2, 0.25) is 0 Å². The van der Waals surface area contributed by atoms with Crippen molar-refractivity contribution >= 4 is 37.1 Å². The smallest absolute Gasteiger partial charge is 0.168 e. The number of rotatable bonds is 1. The molecule has 0 saturated carbocycles. The molecule has 0 aliphatic heterocycles. The molecule has 0 amide bonds. The van der Waals surface area contributed by atoms with Crippen LogP contribution in [0.4, 0.5) is 0 Å². The summed E-state index contributed by atoms with van der Waals surface area (Å²) >= 11 is 0. The van der Waals surface area contributed by atoms with Crippen LogP contribution in [0.5, 0.6) is 0 Å². The van der Waals surface area contributed by atoms with Crippen LogP contribution in [0.1, 0.15) is 0 Å². The topological polar surface area (TPSA) is 34.1 Å². The van der Waals surface area contributed by atoms with Crippen molar-refractivity contribution in [1.29, 1.82) is 0 Å². The molecule has 0 bridgehead atoms. The molecular weight excluding hydrogens is 307 g/mol. The fraction of sp³-hybridized carbons (Fsp3) is 0.333. The molecular formula is C3H6O2PbS. The van der Waals surface area contributed by atoms with Crippen LogP contribution in [-0.2, 0) is 9.84 Å². The van der Waals surface area contributed by atoms with Crippen LogP contribution in [0.3, 0.4) is 0 Å². The molecule has 0 rings (SSSR count). The van der Waals surface area contributed by atoms with Crippen molar-refractivity contribution < 1.29 is 8.42 Å². The molecule has 0 unspecified atom stereocenters. The molecule has 0 aromatic carbocycles. The van der Waals surface area contributed by atoms with Crippen molar-refractivity contribution in [2.75, 3.05) is 6.26 Å². The van der Waals surface area contributed by atoms with Gasteiger partial charge in [-0.05, 0) is 0 Å². The van der Waals surface area contributed by atoms with E-state index in [1.165, 1.54) is 0 Å². The number of sulfone groups is 1. The minimum absolute atomic E-state index is 0. The van der Waals surface area contributed by atoms with E-state index in [0.29, 0.717) is 0 Å². The van der Waals surface area contributed by atoms with E-state index >= 15 is 0 Å². The second kappa shape index (κ2) is 3.59. The van der Waals surface area contributed by atoms with Gasteiger partial charge in [0.15, 0.2) is 9.84 Å². The van der Waals surface area contributed by atoms with Crippen LogP contribution in [-0.4, -0.2) is 42.0 Å². The summed E-state index contributed by atoms with van der Waals surface area (Å²) in [6, 6.07) is 0. The Morgan fingerprint density at radius 3 is 1.71 bits per heavy atom. The van der Waals surface area contributed by atoms with Gasteiger partial charge in [0, 0.05) is 39.0 Å². The number of hydrogen-bond acceptors (Lipinski definition) is 2. The van der Waals surface area contributed by atoms with Gasteiger partial charge in [0.25, 0.3) is 0 Å². The van der Waals surface area contributed by atoms with Crippen LogP contribution in [0.15, 0.2) is 12.0 Å². The SMILES string of the molecule is C=CS(C)(=O)=O.[Pb]. The summed E-state index contributed by atoms with van der Waals surface area (Å²) in [4.78, 5) is 0. The van der Waals surface area contributed by atoms with Crippen LogP contribution >= 0.6 is 0 Å². The third kappa shape index (κ3) is 10.8. The van der Waals surface area contributed by atoms with Gasteiger partial charge >= 0.3 is 0 Å². The van der Waals surface area contributed by atoms with Gasteiger partial charge < -0.3 is 0 Å². The Morgan fingerprint density at radius 1 is 1.57 bits per heavy atom. The average molecular weight is 313 g/mol. The molecule has 0 aromatic rings. The predicted molar refractivity (Wildman–Crippen MR) is 30.8 cm³/mol. The van der Waals surface area contributed by atoms with Crippen molar-refractivity contribution in [1.82, 2.24) is 0 Å². The molecule has 0 spiro atoms. The number of hydrogen-bond donors (Lipinski definition) is 0. The molecule has 0 atom stereocenters. The maximum Gasteiger partial charge on any atom is 0.168 e. The molecule has 2 nitrogen and oxygen atoms in total. The molecule has 40 valence electrons. The van der Waals surface area contributed by atoms with Gasteiger partial charge in [-0.25, -0.2) is 8.42 Å². The summed E-state index contributed by atoms with van der Waals surface area (Å²) in [5.74, 6) is 0. The van der Waals surface area contributed by atoms with Crippen molar-refractivity contribution in [2.45, 2.75) is 0 Å². The first kappa shape index (κ1) is 10.6. The standard InChI is InChI=1S/C3H6O2S.Pb/c1-3-6(2,4)5;/h3H,1H2,2H3;. The fourth-order valence-electron chi connectivity index (χ4n) is 0. The third-order valence-electron chi connectivity index (χ3n) is 0.303.